The van der Waals surface area contributed by atoms with Crippen LogP contribution in [0.3, 0.4) is 0 Å². The van der Waals surface area contributed by atoms with E-state index >= 15 is 0 Å². The highest BCUT2D eigenvalue weighted by molar-refractivity contribution is 5.87. The zero-order valence-electron chi connectivity index (χ0n) is 17.3. The second-order valence-corrected chi connectivity index (χ2v) is 7.41. The summed E-state index contributed by atoms with van der Waals surface area (Å²) in [6.45, 7) is 2.80. The van der Waals surface area contributed by atoms with Gasteiger partial charge in [-0.25, -0.2) is 9.78 Å². The third-order valence-corrected chi connectivity index (χ3v) is 5.32. The lowest BCUT2D eigenvalue weighted by Crippen LogP contribution is -2.23. The number of carbonyl (C=O) groups is 1. The van der Waals surface area contributed by atoms with Crippen molar-refractivity contribution in [3.05, 3.63) is 59.6 Å². The van der Waals surface area contributed by atoms with E-state index in [1.54, 1.807) is 25.4 Å². The van der Waals surface area contributed by atoms with Crippen molar-refractivity contribution in [2.45, 2.75) is 25.4 Å². The van der Waals surface area contributed by atoms with Gasteiger partial charge in [0.05, 0.1) is 23.8 Å². The molecule has 31 heavy (non-hydrogen) atoms. The van der Waals surface area contributed by atoms with Crippen molar-refractivity contribution in [1.29, 1.82) is 0 Å². The third-order valence-electron chi connectivity index (χ3n) is 5.32. The average Bonchev–Trinajstić information content (AvgIpc) is 3.44. The molecule has 4 rings (SSSR count). The summed E-state index contributed by atoms with van der Waals surface area (Å²) in [6, 6.07) is 10.8. The SMILES string of the molecule is COCCNc1ncccc1-c1noc([C@@H]2CCCN2Cc2ccc(C(=O)O)cc2)n1. The van der Waals surface area contributed by atoms with Crippen LogP contribution in [0.2, 0.25) is 0 Å². The Bertz CT molecular complexity index is 1020. The molecule has 0 aliphatic carbocycles. The number of carboxylic acids is 1. The van der Waals surface area contributed by atoms with Gasteiger partial charge in [-0.2, -0.15) is 4.98 Å². The first-order valence-corrected chi connectivity index (χ1v) is 10.2. The van der Waals surface area contributed by atoms with Crippen LogP contribution < -0.4 is 5.32 Å². The first-order valence-electron chi connectivity index (χ1n) is 10.2. The van der Waals surface area contributed by atoms with Gasteiger partial charge in [0.15, 0.2) is 0 Å². The van der Waals surface area contributed by atoms with Crippen LogP contribution >= 0.6 is 0 Å². The molecular weight excluding hydrogens is 398 g/mol. The summed E-state index contributed by atoms with van der Waals surface area (Å²) in [5, 5.41) is 16.5. The molecule has 1 aliphatic heterocycles. The second kappa shape index (κ2) is 9.67. The molecule has 3 heterocycles. The summed E-state index contributed by atoms with van der Waals surface area (Å²) in [5.74, 6) is 0.853. The lowest BCUT2D eigenvalue weighted by Gasteiger charge is -2.21. The predicted molar refractivity (Wildman–Crippen MR) is 114 cm³/mol. The molecule has 0 amide bonds. The van der Waals surface area contributed by atoms with E-state index in [0.29, 0.717) is 37.2 Å². The number of hydrogen-bond donors (Lipinski definition) is 2. The van der Waals surface area contributed by atoms with Gasteiger partial charge in [-0.05, 0) is 49.2 Å². The highest BCUT2D eigenvalue weighted by Gasteiger charge is 2.31. The molecule has 0 saturated carbocycles. The van der Waals surface area contributed by atoms with E-state index in [1.807, 2.05) is 24.3 Å². The molecule has 0 radical (unpaired) electrons. The Morgan fingerprint density at radius 1 is 1.32 bits per heavy atom. The fourth-order valence-electron chi connectivity index (χ4n) is 3.76. The number of methoxy groups -OCH3 is 1. The van der Waals surface area contributed by atoms with Gasteiger partial charge in [0, 0.05) is 26.4 Å². The molecular formula is C22H25N5O4. The molecule has 1 aromatic carbocycles. The Kier molecular flexibility index (Phi) is 6.54. The number of likely N-dealkylation sites (tertiary alicyclic amines) is 1. The average molecular weight is 423 g/mol. The normalized spacial score (nSPS) is 16.5. The maximum atomic E-state index is 11.1. The number of carboxylic acid groups (broad SMARTS) is 1. The van der Waals surface area contributed by atoms with Gasteiger partial charge in [-0.1, -0.05) is 17.3 Å². The monoisotopic (exact) mass is 423 g/mol. The van der Waals surface area contributed by atoms with Gasteiger partial charge in [-0.15, -0.1) is 0 Å². The van der Waals surface area contributed by atoms with Crippen LogP contribution in [0.1, 0.15) is 40.7 Å². The summed E-state index contributed by atoms with van der Waals surface area (Å²) in [6.07, 6.45) is 3.68. The van der Waals surface area contributed by atoms with E-state index in [-0.39, 0.29) is 11.6 Å². The van der Waals surface area contributed by atoms with Crippen molar-refractivity contribution in [2.75, 3.05) is 32.1 Å². The van der Waals surface area contributed by atoms with E-state index in [2.05, 4.69) is 25.3 Å². The summed E-state index contributed by atoms with van der Waals surface area (Å²) in [4.78, 5) is 22.4. The topological polar surface area (TPSA) is 114 Å². The van der Waals surface area contributed by atoms with Crippen molar-refractivity contribution in [1.82, 2.24) is 20.0 Å². The molecule has 3 aromatic rings. The summed E-state index contributed by atoms with van der Waals surface area (Å²) < 4.78 is 10.7. The lowest BCUT2D eigenvalue weighted by molar-refractivity contribution is 0.0697. The zero-order valence-corrected chi connectivity index (χ0v) is 17.3. The minimum absolute atomic E-state index is 0.0296. The first-order chi connectivity index (χ1) is 15.2. The van der Waals surface area contributed by atoms with E-state index in [1.165, 1.54) is 0 Å². The van der Waals surface area contributed by atoms with E-state index < -0.39 is 5.97 Å². The van der Waals surface area contributed by atoms with Crippen LogP contribution in [-0.4, -0.2) is 57.9 Å². The van der Waals surface area contributed by atoms with Crippen LogP contribution in [-0.2, 0) is 11.3 Å². The molecule has 1 atom stereocenters. The van der Waals surface area contributed by atoms with Crippen molar-refractivity contribution in [3.63, 3.8) is 0 Å². The zero-order chi connectivity index (χ0) is 21.6. The number of rotatable bonds is 9. The predicted octanol–water partition coefficient (Wildman–Crippen LogP) is 3.23. The number of anilines is 1. The summed E-state index contributed by atoms with van der Waals surface area (Å²) in [5.41, 5.74) is 2.12. The van der Waals surface area contributed by atoms with Crippen molar-refractivity contribution in [3.8, 4) is 11.4 Å². The van der Waals surface area contributed by atoms with Gasteiger partial charge >= 0.3 is 5.97 Å². The molecule has 2 aromatic heterocycles. The smallest absolute Gasteiger partial charge is 0.335 e. The highest BCUT2D eigenvalue weighted by Crippen LogP contribution is 2.34. The molecule has 0 spiro atoms. The standard InChI is InChI=1S/C22H25N5O4/c1-30-13-11-24-19-17(4-2-10-23-19)20-25-21(31-26-20)18-5-3-12-27(18)14-15-6-8-16(9-7-15)22(28)29/h2,4,6-10,18H,3,5,11-14H2,1H3,(H,23,24)(H,28,29)/t18-/m0/s1. The molecule has 2 N–H and O–H groups in total. The Hall–Kier alpha value is -3.30. The van der Waals surface area contributed by atoms with E-state index in [0.717, 1.165) is 30.5 Å². The number of hydrogen-bond acceptors (Lipinski definition) is 8. The van der Waals surface area contributed by atoms with Gasteiger partial charge < -0.3 is 19.7 Å². The number of nitrogens with zero attached hydrogens (tertiary/aromatic N) is 4. The Morgan fingerprint density at radius 2 is 2.16 bits per heavy atom. The van der Waals surface area contributed by atoms with Crippen LogP contribution in [0.15, 0.2) is 47.1 Å². The van der Waals surface area contributed by atoms with Gasteiger partial charge in [0.25, 0.3) is 0 Å². The minimum Gasteiger partial charge on any atom is -0.478 e. The minimum atomic E-state index is -0.921. The van der Waals surface area contributed by atoms with Gasteiger partial charge in [0.2, 0.25) is 11.7 Å². The highest BCUT2D eigenvalue weighted by atomic mass is 16.5. The van der Waals surface area contributed by atoms with E-state index in [4.69, 9.17) is 14.4 Å². The first kappa shape index (κ1) is 21.0. The number of pyridine rings is 1. The number of benzene rings is 1. The summed E-state index contributed by atoms with van der Waals surface area (Å²) >= 11 is 0. The number of ether oxygens (including phenoxy) is 1. The molecule has 1 saturated heterocycles. The van der Waals surface area contributed by atoms with Crippen molar-refractivity contribution >= 4 is 11.8 Å². The van der Waals surface area contributed by atoms with Crippen LogP contribution in [0.5, 0.6) is 0 Å². The fraction of sp³-hybridized carbons (Fsp3) is 0.364. The molecule has 1 fully saturated rings. The largest absolute Gasteiger partial charge is 0.478 e. The Balaban J connectivity index is 1.49. The maximum absolute atomic E-state index is 11.1. The summed E-state index contributed by atoms with van der Waals surface area (Å²) in [7, 11) is 1.65. The van der Waals surface area contributed by atoms with Crippen molar-refractivity contribution < 1.29 is 19.2 Å². The molecule has 9 heteroatoms. The lowest BCUT2D eigenvalue weighted by atomic mass is 10.1. The van der Waals surface area contributed by atoms with Crippen LogP contribution in [0.4, 0.5) is 5.82 Å². The molecule has 9 nitrogen and oxygen atoms in total. The Labute approximate surface area is 180 Å². The van der Waals surface area contributed by atoms with Gasteiger partial charge in [-0.3, -0.25) is 4.90 Å². The third kappa shape index (κ3) is 4.89. The van der Waals surface area contributed by atoms with Gasteiger partial charge in [0.1, 0.15) is 5.82 Å². The van der Waals surface area contributed by atoms with E-state index in [9.17, 15) is 4.79 Å². The Morgan fingerprint density at radius 3 is 2.94 bits per heavy atom. The number of nitrogens with one attached hydrogen (secondary N) is 1. The number of aromatic nitrogens is 3. The molecule has 0 bridgehead atoms. The fourth-order valence-corrected chi connectivity index (χ4v) is 3.76. The van der Waals surface area contributed by atoms with Crippen molar-refractivity contribution in [2.24, 2.45) is 0 Å². The number of aromatic carboxylic acids is 1. The second-order valence-electron chi connectivity index (χ2n) is 7.41. The van der Waals surface area contributed by atoms with Crippen LogP contribution in [0.25, 0.3) is 11.4 Å². The molecule has 162 valence electrons. The molecule has 1 aliphatic rings. The van der Waals surface area contributed by atoms with Crippen LogP contribution in [0, 0.1) is 0 Å². The maximum Gasteiger partial charge on any atom is 0.335 e. The molecule has 0 unspecified atom stereocenters. The quantitative estimate of drug-likeness (QED) is 0.501.